The lowest BCUT2D eigenvalue weighted by molar-refractivity contribution is 0.174. The lowest BCUT2D eigenvalue weighted by atomic mass is 9.99. The van der Waals surface area contributed by atoms with Crippen LogP contribution >= 0.6 is 0 Å². The number of benzene rings is 2. The summed E-state index contributed by atoms with van der Waals surface area (Å²) >= 11 is 0. The van der Waals surface area contributed by atoms with Crippen molar-refractivity contribution in [2.75, 3.05) is 19.9 Å². The van der Waals surface area contributed by atoms with Crippen LogP contribution in [0.4, 0.5) is 0 Å². The van der Waals surface area contributed by atoms with E-state index in [2.05, 4.69) is 53.4 Å². The van der Waals surface area contributed by atoms with Gasteiger partial charge in [-0.15, -0.1) is 0 Å². The second-order valence-corrected chi connectivity index (χ2v) is 5.77. The first-order valence-corrected chi connectivity index (χ1v) is 7.74. The SMILES string of the molecule is C1=C(c2ccc3c(c2)OCO3)CCN(Cc2ccccc2)C1. The first-order valence-electron chi connectivity index (χ1n) is 7.74. The zero-order valence-corrected chi connectivity index (χ0v) is 12.5. The van der Waals surface area contributed by atoms with Crippen LogP contribution in [-0.4, -0.2) is 24.8 Å². The van der Waals surface area contributed by atoms with Crippen molar-refractivity contribution in [1.82, 2.24) is 4.90 Å². The molecule has 2 aliphatic rings. The fourth-order valence-corrected chi connectivity index (χ4v) is 3.05. The quantitative estimate of drug-likeness (QED) is 0.861. The van der Waals surface area contributed by atoms with Crippen molar-refractivity contribution in [3.8, 4) is 11.5 Å². The molecule has 4 rings (SSSR count). The van der Waals surface area contributed by atoms with Crippen molar-refractivity contribution < 1.29 is 9.47 Å². The molecular weight excluding hydrogens is 274 g/mol. The van der Waals surface area contributed by atoms with Crippen LogP contribution in [0.3, 0.4) is 0 Å². The van der Waals surface area contributed by atoms with Crippen LogP contribution in [0.2, 0.25) is 0 Å². The van der Waals surface area contributed by atoms with Gasteiger partial charge in [-0.1, -0.05) is 42.5 Å². The Morgan fingerprint density at radius 1 is 0.955 bits per heavy atom. The summed E-state index contributed by atoms with van der Waals surface area (Å²) < 4.78 is 10.8. The van der Waals surface area contributed by atoms with E-state index >= 15 is 0 Å². The van der Waals surface area contributed by atoms with Crippen molar-refractivity contribution >= 4 is 5.57 Å². The normalized spacial score (nSPS) is 17.4. The van der Waals surface area contributed by atoms with Gasteiger partial charge in [-0.05, 0) is 35.3 Å². The Bertz CT molecular complexity index is 694. The van der Waals surface area contributed by atoms with Crippen molar-refractivity contribution in [2.24, 2.45) is 0 Å². The molecule has 2 aromatic rings. The summed E-state index contributed by atoms with van der Waals surface area (Å²) in [6.07, 6.45) is 3.41. The molecule has 22 heavy (non-hydrogen) atoms. The molecule has 0 fully saturated rings. The third kappa shape index (κ3) is 2.72. The molecule has 3 heteroatoms. The molecule has 0 N–H and O–H groups in total. The predicted octanol–water partition coefficient (Wildman–Crippen LogP) is 3.70. The Labute approximate surface area is 130 Å². The number of fused-ring (bicyclic) bond motifs is 1. The number of hydrogen-bond donors (Lipinski definition) is 0. The van der Waals surface area contributed by atoms with Gasteiger partial charge in [-0.25, -0.2) is 0 Å². The predicted molar refractivity (Wildman–Crippen MR) is 86.9 cm³/mol. The Morgan fingerprint density at radius 2 is 1.82 bits per heavy atom. The largest absolute Gasteiger partial charge is 0.454 e. The third-order valence-corrected chi connectivity index (χ3v) is 4.29. The molecule has 0 amide bonds. The van der Waals surface area contributed by atoms with E-state index < -0.39 is 0 Å². The van der Waals surface area contributed by atoms with Crippen LogP contribution in [0.1, 0.15) is 17.5 Å². The maximum Gasteiger partial charge on any atom is 0.231 e. The van der Waals surface area contributed by atoms with Crippen LogP contribution in [0, 0.1) is 0 Å². The Morgan fingerprint density at radius 3 is 2.64 bits per heavy atom. The monoisotopic (exact) mass is 293 g/mol. The first kappa shape index (κ1) is 13.4. The Balaban J connectivity index is 1.45. The summed E-state index contributed by atoms with van der Waals surface area (Å²) in [7, 11) is 0. The van der Waals surface area contributed by atoms with E-state index in [-0.39, 0.29) is 0 Å². The van der Waals surface area contributed by atoms with Gasteiger partial charge >= 0.3 is 0 Å². The number of nitrogens with zero attached hydrogens (tertiary/aromatic N) is 1. The van der Waals surface area contributed by atoms with E-state index in [1.165, 1.54) is 16.7 Å². The smallest absolute Gasteiger partial charge is 0.231 e. The van der Waals surface area contributed by atoms with Gasteiger partial charge in [0.2, 0.25) is 6.79 Å². The van der Waals surface area contributed by atoms with Crippen LogP contribution in [0.5, 0.6) is 11.5 Å². The lowest BCUT2D eigenvalue weighted by Crippen LogP contribution is -2.27. The molecule has 0 bridgehead atoms. The summed E-state index contributed by atoms with van der Waals surface area (Å²) in [5.74, 6) is 1.72. The summed E-state index contributed by atoms with van der Waals surface area (Å²) in [6.45, 7) is 3.45. The molecule has 2 aromatic carbocycles. The highest BCUT2D eigenvalue weighted by molar-refractivity contribution is 5.69. The van der Waals surface area contributed by atoms with Crippen LogP contribution < -0.4 is 9.47 Å². The molecule has 0 radical (unpaired) electrons. The van der Waals surface area contributed by atoms with Crippen molar-refractivity contribution in [3.63, 3.8) is 0 Å². The van der Waals surface area contributed by atoms with Crippen molar-refractivity contribution in [3.05, 3.63) is 65.7 Å². The Kier molecular flexibility index (Phi) is 3.57. The van der Waals surface area contributed by atoms with Gasteiger partial charge in [-0.2, -0.15) is 0 Å². The summed E-state index contributed by atoms with van der Waals surface area (Å²) in [6, 6.07) is 16.9. The minimum atomic E-state index is 0.336. The fourth-order valence-electron chi connectivity index (χ4n) is 3.05. The summed E-state index contributed by atoms with van der Waals surface area (Å²) in [4.78, 5) is 2.48. The van der Waals surface area contributed by atoms with Crippen LogP contribution in [0.25, 0.3) is 5.57 Å². The van der Waals surface area contributed by atoms with Gasteiger partial charge in [0.25, 0.3) is 0 Å². The minimum absolute atomic E-state index is 0.336. The molecule has 3 nitrogen and oxygen atoms in total. The minimum Gasteiger partial charge on any atom is -0.454 e. The highest BCUT2D eigenvalue weighted by Gasteiger charge is 2.17. The Hall–Kier alpha value is -2.26. The number of ether oxygens (including phenoxy) is 2. The van der Waals surface area contributed by atoms with Crippen molar-refractivity contribution in [1.29, 1.82) is 0 Å². The zero-order valence-electron chi connectivity index (χ0n) is 12.5. The molecule has 2 heterocycles. The molecule has 0 spiro atoms. The molecule has 112 valence electrons. The van der Waals surface area contributed by atoms with Gasteiger partial charge in [-0.3, -0.25) is 4.90 Å². The molecule has 0 saturated carbocycles. The molecule has 0 aliphatic carbocycles. The molecule has 2 aliphatic heterocycles. The van der Waals surface area contributed by atoms with E-state index in [0.29, 0.717) is 6.79 Å². The zero-order chi connectivity index (χ0) is 14.8. The second-order valence-electron chi connectivity index (χ2n) is 5.77. The number of rotatable bonds is 3. The summed E-state index contributed by atoms with van der Waals surface area (Å²) in [5, 5.41) is 0. The van der Waals surface area contributed by atoms with Gasteiger partial charge in [0.05, 0.1) is 0 Å². The summed E-state index contributed by atoms with van der Waals surface area (Å²) in [5.41, 5.74) is 4.04. The van der Waals surface area contributed by atoms with E-state index in [1.54, 1.807) is 0 Å². The maximum absolute atomic E-state index is 5.47. The molecule has 0 unspecified atom stereocenters. The topological polar surface area (TPSA) is 21.7 Å². The number of hydrogen-bond acceptors (Lipinski definition) is 3. The van der Waals surface area contributed by atoms with E-state index in [9.17, 15) is 0 Å². The highest BCUT2D eigenvalue weighted by Crippen LogP contribution is 2.35. The lowest BCUT2D eigenvalue weighted by Gasteiger charge is -2.26. The molecular formula is C19H19NO2. The van der Waals surface area contributed by atoms with E-state index in [1.807, 2.05) is 6.07 Å². The first-order chi connectivity index (χ1) is 10.9. The van der Waals surface area contributed by atoms with Gasteiger partial charge in [0, 0.05) is 19.6 Å². The van der Waals surface area contributed by atoms with Gasteiger partial charge in [0.1, 0.15) is 0 Å². The van der Waals surface area contributed by atoms with Crippen LogP contribution in [0.15, 0.2) is 54.6 Å². The standard InChI is InChI=1S/C19H19NO2/c1-2-4-15(5-3-1)13-20-10-8-16(9-11-20)17-6-7-18-19(12-17)22-14-21-18/h1-8,12H,9-11,13-14H2. The average Bonchev–Trinajstić information content (AvgIpc) is 3.04. The average molecular weight is 293 g/mol. The molecule has 0 aromatic heterocycles. The maximum atomic E-state index is 5.47. The van der Waals surface area contributed by atoms with Crippen LogP contribution in [-0.2, 0) is 6.54 Å². The molecule has 0 atom stereocenters. The fraction of sp³-hybridized carbons (Fsp3) is 0.263. The third-order valence-electron chi connectivity index (χ3n) is 4.29. The second kappa shape index (κ2) is 5.85. The van der Waals surface area contributed by atoms with Crippen molar-refractivity contribution in [2.45, 2.75) is 13.0 Å². The van der Waals surface area contributed by atoms with Gasteiger partial charge in [0.15, 0.2) is 11.5 Å². The van der Waals surface area contributed by atoms with E-state index in [4.69, 9.17) is 9.47 Å². The van der Waals surface area contributed by atoms with E-state index in [0.717, 1.165) is 37.6 Å². The molecule has 0 saturated heterocycles. The van der Waals surface area contributed by atoms with Gasteiger partial charge < -0.3 is 9.47 Å². The highest BCUT2D eigenvalue weighted by atomic mass is 16.7.